The molecule has 0 heterocycles. The van der Waals surface area contributed by atoms with Gasteiger partial charge in [-0.25, -0.2) is 4.79 Å². The molecule has 1 atom stereocenters. The van der Waals surface area contributed by atoms with Crippen LogP contribution in [0.4, 0.5) is 5.69 Å². The number of aliphatic carboxylic acids is 1. The van der Waals surface area contributed by atoms with E-state index < -0.39 is 17.9 Å². The molecule has 1 amide bonds. The van der Waals surface area contributed by atoms with E-state index >= 15 is 0 Å². The largest absolute Gasteiger partial charge is 0.480 e. The van der Waals surface area contributed by atoms with Gasteiger partial charge in [0.25, 0.3) is 0 Å². The number of anilines is 1. The Balaban J connectivity index is 2.14. The summed E-state index contributed by atoms with van der Waals surface area (Å²) in [4.78, 5) is 22.0. The van der Waals surface area contributed by atoms with Crippen molar-refractivity contribution in [2.45, 2.75) is 18.9 Å². The van der Waals surface area contributed by atoms with Gasteiger partial charge in [0.15, 0.2) is 0 Å². The molecule has 1 unspecified atom stereocenters. The topological polar surface area (TPSA) is 92.4 Å². The number of carbonyl (C=O) groups excluding carboxylic acids is 1. The Morgan fingerprint density at radius 1 is 1.41 bits per heavy atom. The number of carboxylic acid groups (broad SMARTS) is 1. The Bertz CT molecular complexity index is 455. The normalized spacial score (nSPS) is 16.2. The zero-order valence-electron chi connectivity index (χ0n) is 9.22. The number of primary amides is 1. The molecule has 1 aliphatic carbocycles. The maximum Gasteiger partial charge on any atom is 0.326 e. The average molecular weight is 234 g/mol. The van der Waals surface area contributed by atoms with Crippen molar-refractivity contribution < 1.29 is 14.7 Å². The van der Waals surface area contributed by atoms with E-state index in [0.29, 0.717) is 11.3 Å². The van der Waals surface area contributed by atoms with Crippen LogP contribution in [-0.4, -0.2) is 23.0 Å². The second-order valence-electron chi connectivity index (χ2n) is 4.24. The minimum atomic E-state index is -0.864. The average Bonchev–Trinajstić information content (AvgIpc) is 3.09. The third-order valence-corrected chi connectivity index (χ3v) is 2.83. The first kappa shape index (κ1) is 11.4. The second kappa shape index (κ2) is 4.45. The van der Waals surface area contributed by atoms with Crippen LogP contribution in [0.2, 0.25) is 0 Å². The number of nitrogens with one attached hydrogen (secondary N) is 1. The van der Waals surface area contributed by atoms with Gasteiger partial charge in [0.1, 0.15) is 6.04 Å². The van der Waals surface area contributed by atoms with Crippen molar-refractivity contribution in [3.63, 3.8) is 0 Å². The standard InChI is InChI=1S/C12H14N2O3/c13-11(15)8-2-1-3-9(6-8)14-10(12(16)17)7-4-5-7/h1-3,6-7,10,14H,4-5H2,(H2,13,15)(H,16,17). The van der Waals surface area contributed by atoms with Crippen molar-refractivity contribution in [2.24, 2.45) is 11.7 Å². The summed E-state index contributed by atoms with van der Waals surface area (Å²) in [6, 6.07) is 5.98. The molecule has 17 heavy (non-hydrogen) atoms. The second-order valence-corrected chi connectivity index (χ2v) is 4.24. The van der Waals surface area contributed by atoms with E-state index in [1.165, 1.54) is 0 Å². The quantitative estimate of drug-likeness (QED) is 0.710. The Hall–Kier alpha value is -2.04. The molecule has 5 heteroatoms. The molecule has 90 valence electrons. The van der Waals surface area contributed by atoms with Crippen LogP contribution in [0.1, 0.15) is 23.2 Å². The molecule has 0 aromatic heterocycles. The van der Waals surface area contributed by atoms with Crippen LogP contribution in [0, 0.1) is 5.92 Å². The molecule has 1 aromatic rings. The number of hydrogen-bond acceptors (Lipinski definition) is 3. The SMILES string of the molecule is NC(=O)c1cccc(NC(C(=O)O)C2CC2)c1. The Morgan fingerprint density at radius 3 is 2.65 bits per heavy atom. The fraction of sp³-hybridized carbons (Fsp3) is 0.333. The molecule has 0 radical (unpaired) electrons. The van der Waals surface area contributed by atoms with Crippen LogP contribution < -0.4 is 11.1 Å². The van der Waals surface area contributed by atoms with E-state index in [0.717, 1.165) is 12.8 Å². The van der Waals surface area contributed by atoms with E-state index in [1.54, 1.807) is 24.3 Å². The summed E-state index contributed by atoms with van der Waals surface area (Å²) in [7, 11) is 0. The van der Waals surface area contributed by atoms with E-state index in [2.05, 4.69) is 5.32 Å². The third-order valence-electron chi connectivity index (χ3n) is 2.83. The lowest BCUT2D eigenvalue weighted by atomic mass is 10.1. The van der Waals surface area contributed by atoms with E-state index in [4.69, 9.17) is 10.8 Å². The molecule has 5 nitrogen and oxygen atoms in total. The zero-order valence-corrected chi connectivity index (χ0v) is 9.22. The van der Waals surface area contributed by atoms with Gasteiger partial charge in [0.2, 0.25) is 5.91 Å². The lowest BCUT2D eigenvalue weighted by Crippen LogP contribution is -2.31. The first-order chi connectivity index (χ1) is 8.08. The van der Waals surface area contributed by atoms with Crippen molar-refractivity contribution in [1.82, 2.24) is 0 Å². The molecule has 1 saturated carbocycles. The van der Waals surface area contributed by atoms with Gasteiger partial charge < -0.3 is 16.2 Å². The summed E-state index contributed by atoms with van der Waals surface area (Å²) in [6.45, 7) is 0. The Morgan fingerprint density at radius 2 is 2.12 bits per heavy atom. The number of carbonyl (C=O) groups is 2. The first-order valence-corrected chi connectivity index (χ1v) is 5.47. The Labute approximate surface area is 98.6 Å². The summed E-state index contributed by atoms with van der Waals surface area (Å²) in [5.41, 5.74) is 6.14. The fourth-order valence-electron chi connectivity index (χ4n) is 1.75. The van der Waals surface area contributed by atoms with Gasteiger partial charge in [0, 0.05) is 11.3 Å². The van der Waals surface area contributed by atoms with Crippen LogP contribution in [-0.2, 0) is 4.79 Å². The van der Waals surface area contributed by atoms with Crippen molar-refractivity contribution in [1.29, 1.82) is 0 Å². The smallest absolute Gasteiger partial charge is 0.326 e. The fourth-order valence-corrected chi connectivity index (χ4v) is 1.75. The summed E-state index contributed by atoms with van der Waals surface area (Å²) >= 11 is 0. The predicted octanol–water partition coefficient (Wildman–Crippen LogP) is 1.06. The van der Waals surface area contributed by atoms with Gasteiger partial charge in [-0.2, -0.15) is 0 Å². The number of benzene rings is 1. The zero-order chi connectivity index (χ0) is 12.4. The number of nitrogens with two attached hydrogens (primary N) is 1. The van der Waals surface area contributed by atoms with Crippen LogP contribution >= 0.6 is 0 Å². The molecule has 1 aliphatic rings. The monoisotopic (exact) mass is 234 g/mol. The van der Waals surface area contributed by atoms with Crippen molar-refractivity contribution >= 4 is 17.6 Å². The molecular formula is C12H14N2O3. The molecular weight excluding hydrogens is 220 g/mol. The first-order valence-electron chi connectivity index (χ1n) is 5.47. The van der Waals surface area contributed by atoms with Gasteiger partial charge in [-0.15, -0.1) is 0 Å². The molecule has 0 saturated heterocycles. The highest BCUT2D eigenvalue weighted by Gasteiger charge is 2.36. The molecule has 1 fully saturated rings. The highest BCUT2D eigenvalue weighted by molar-refractivity contribution is 5.93. The van der Waals surface area contributed by atoms with Crippen molar-refractivity contribution in [3.05, 3.63) is 29.8 Å². The predicted molar refractivity (Wildman–Crippen MR) is 62.7 cm³/mol. The molecule has 0 aliphatic heterocycles. The summed E-state index contributed by atoms with van der Waals surface area (Å²) < 4.78 is 0. The number of rotatable bonds is 5. The summed E-state index contributed by atoms with van der Waals surface area (Å²) in [5.74, 6) is -1.20. The van der Waals surface area contributed by atoms with Gasteiger partial charge in [-0.3, -0.25) is 4.79 Å². The van der Waals surface area contributed by atoms with Crippen LogP contribution in [0.25, 0.3) is 0 Å². The van der Waals surface area contributed by atoms with E-state index in [-0.39, 0.29) is 5.92 Å². The van der Waals surface area contributed by atoms with Crippen LogP contribution in [0.5, 0.6) is 0 Å². The lowest BCUT2D eigenvalue weighted by molar-refractivity contribution is -0.138. The number of amides is 1. The van der Waals surface area contributed by atoms with Crippen LogP contribution in [0.3, 0.4) is 0 Å². The molecule has 2 rings (SSSR count). The minimum absolute atomic E-state index is 0.185. The highest BCUT2D eigenvalue weighted by atomic mass is 16.4. The molecule has 0 spiro atoms. The van der Waals surface area contributed by atoms with E-state index in [1.807, 2.05) is 0 Å². The lowest BCUT2D eigenvalue weighted by Gasteiger charge is -2.15. The van der Waals surface area contributed by atoms with Crippen LogP contribution in [0.15, 0.2) is 24.3 Å². The Kier molecular flexibility index (Phi) is 2.99. The van der Waals surface area contributed by atoms with Gasteiger partial charge in [-0.1, -0.05) is 6.07 Å². The summed E-state index contributed by atoms with van der Waals surface area (Å²) in [6.07, 6.45) is 1.86. The van der Waals surface area contributed by atoms with E-state index in [9.17, 15) is 9.59 Å². The maximum absolute atomic E-state index is 11.0. The maximum atomic E-state index is 11.0. The number of carboxylic acids is 1. The highest BCUT2D eigenvalue weighted by Crippen LogP contribution is 2.34. The van der Waals surface area contributed by atoms with Crippen molar-refractivity contribution in [3.8, 4) is 0 Å². The van der Waals surface area contributed by atoms with Gasteiger partial charge in [-0.05, 0) is 37.0 Å². The molecule has 0 bridgehead atoms. The minimum Gasteiger partial charge on any atom is -0.480 e. The summed E-state index contributed by atoms with van der Waals surface area (Å²) in [5, 5.41) is 12.0. The van der Waals surface area contributed by atoms with Gasteiger partial charge in [0.05, 0.1) is 0 Å². The molecule has 1 aromatic carbocycles. The third kappa shape index (κ3) is 2.75. The van der Waals surface area contributed by atoms with Gasteiger partial charge >= 0.3 is 5.97 Å². The van der Waals surface area contributed by atoms with Crippen molar-refractivity contribution in [2.75, 3.05) is 5.32 Å². The number of hydrogen-bond donors (Lipinski definition) is 3. The molecule has 4 N–H and O–H groups in total.